The normalized spacial score (nSPS) is 12.7. The lowest BCUT2D eigenvalue weighted by Gasteiger charge is -2.26. The predicted molar refractivity (Wildman–Crippen MR) is 102 cm³/mol. The monoisotopic (exact) mass is 402 g/mol. The maximum absolute atomic E-state index is 12.7. The lowest BCUT2D eigenvalue weighted by Crippen LogP contribution is -2.51. The lowest BCUT2D eigenvalue weighted by molar-refractivity contribution is -0.162. The van der Waals surface area contributed by atoms with Crippen LogP contribution in [-0.2, 0) is 28.6 Å². The molecule has 1 aromatic heterocycles. The molecule has 154 valence electrons. The number of para-hydroxylation sites is 1. The van der Waals surface area contributed by atoms with Crippen LogP contribution < -0.4 is 5.32 Å². The minimum absolute atomic E-state index is 0.0671. The summed E-state index contributed by atoms with van der Waals surface area (Å²) >= 11 is 0. The van der Waals surface area contributed by atoms with Gasteiger partial charge in [0.15, 0.2) is 5.92 Å². The smallest absolute Gasteiger partial charge is 0.328 e. The van der Waals surface area contributed by atoms with Gasteiger partial charge in [0.1, 0.15) is 11.7 Å². The fourth-order valence-electron chi connectivity index (χ4n) is 2.91. The highest BCUT2D eigenvalue weighted by Crippen LogP contribution is 2.21. The number of esters is 3. The van der Waals surface area contributed by atoms with Gasteiger partial charge in [0.2, 0.25) is 0 Å². The number of methoxy groups -OCH3 is 3. The van der Waals surface area contributed by atoms with E-state index in [2.05, 4.69) is 19.8 Å². The molecule has 1 heterocycles. The van der Waals surface area contributed by atoms with E-state index in [0.29, 0.717) is 5.52 Å². The summed E-state index contributed by atoms with van der Waals surface area (Å²) in [6, 6.07) is 9.14. The van der Waals surface area contributed by atoms with Crippen LogP contribution in [0.2, 0.25) is 0 Å². The average Bonchev–Trinajstić information content (AvgIpc) is 2.75. The van der Waals surface area contributed by atoms with E-state index in [1.807, 2.05) is 12.1 Å². The molecule has 2 atom stereocenters. The molecule has 0 aliphatic carbocycles. The summed E-state index contributed by atoms with van der Waals surface area (Å²) in [6.45, 7) is 1.44. The first-order valence-corrected chi connectivity index (χ1v) is 8.74. The van der Waals surface area contributed by atoms with E-state index in [4.69, 9.17) is 4.74 Å². The molecule has 9 heteroatoms. The Morgan fingerprint density at radius 2 is 1.45 bits per heavy atom. The van der Waals surface area contributed by atoms with Gasteiger partial charge in [-0.2, -0.15) is 0 Å². The molecule has 0 aliphatic heterocycles. The first-order valence-electron chi connectivity index (χ1n) is 8.74. The van der Waals surface area contributed by atoms with Gasteiger partial charge < -0.3 is 19.5 Å². The van der Waals surface area contributed by atoms with Crippen LogP contribution in [0, 0.1) is 11.8 Å². The van der Waals surface area contributed by atoms with Gasteiger partial charge in [-0.3, -0.25) is 14.4 Å². The summed E-state index contributed by atoms with van der Waals surface area (Å²) < 4.78 is 14.0. The number of hydrogen-bond donors (Lipinski definition) is 1. The first-order chi connectivity index (χ1) is 13.8. The van der Waals surface area contributed by atoms with Gasteiger partial charge in [0, 0.05) is 11.3 Å². The van der Waals surface area contributed by atoms with Crippen LogP contribution in [0.1, 0.15) is 17.4 Å². The molecule has 0 saturated carbocycles. The molecule has 0 bridgehead atoms. The fourth-order valence-corrected chi connectivity index (χ4v) is 2.91. The van der Waals surface area contributed by atoms with Gasteiger partial charge in [-0.15, -0.1) is 0 Å². The predicted octanol–water partition coefficient (Wildman–Crippen LogP) is 1.10. The van der Waals surface area contributed by atoms with E-state index < -0.39 is 41.7 Å². The third kappa shape index (κ3) is 4.87. The number of fused-ring (bicyclic) bond motifs is 1. The molecule has 0 aliphatic rings. The Balaban J connectivity index is 2.33. The van der Waals surface area contributed by atoms with Crippen molar-refractivity contribution in [3.05, 3.63) is 42.1 Å². The molecule has 1 aromatic carbocycles. The summed E-state index contributed by atoms with van der Waals surface area (Å²) in [4.78, 5) is 53.4. The van der Waals surface area contributed by atoms with Crippen molar-refractivity contribution in [1.29, 1.82) is 0 Å². The Morgan fingerprint density at radius 3 is 2.03 bits per heavy atom. The van der Waals surface area contributed by atoms with Crippen LogP contribution in [-0.4, -0.2) is 56.2 Å². The number of carbonyl (C=O) groups excluding carboxylic acids is 4. The molecule has 0 spiro atoms. The first kappa shape index (κ1) is 21.8. The van der Waals surface area contributed by atoms with Crippen molar-refractivity contribution in [2.75, 3.05) is 21.3 Å². The zero-order valence-electron chi connectivity index (χ0n) is 16.5. The summed E-state index contributed by atoms with van der Waals surface area (Å²) in [5, 5.41) is 3.34. The van der Waals surface area contributed by atoms with Crippen LogP contribution in [0.15, 0.2) is 36.4 Å². The number of nitrogens with zero attached hydrogens (tertiary/aromatic N) is 1. The number of ether oxygens (including phenoxy) is 3. The second-order valence-electron chi connectivity index (χ2n) is 6.25. The largest absolute Gasteiger partial charge is 0.468 e. The Bertz CT molecular complexity index is 912. The van der Waals surface area contributed by atoms with Crippen molar-refractivity contribution in [2.45, 2.75) is 13.0 Å². The van der Waals surface area contributed by atoms with Gasteiger partial charge in [0.05, 0.1) is 26.8 Å². The number of rotatable bonds is 7. The van der Waals surface area contributed by atoms with Crippen molar-refractivity contribution in [3.63, 3.8) is 0 Å². The number of nitrogens with one attached hydrogen (secondary N) is 1. The summed E-state index contributed by atoms with van der Waals surface area (Å²) in [5.41, 5.74) is 0.669. The lowest BCUT2D eigenvalue weighted by atomic mass is 9.87. The molecule has 1 amide bonds. The fraction of sp³-hybridized carbons (Fsp3) is 0.350. The molecule has 0 fully saturated rings. The number of amides is 1. The Morgan fingerprint density at radius 1 is 0.862 bits per heavy atom. The maximum Gasteiger partial charge on any atom is 0.328 e. The van der Waals surface area contributed by atoms with Gasteiger partial charge in [-0.05, 0) is 12.1 Å². The third-order valence-corrected chi connectivity index (χ3v) is 4.53. The van der Waals surface area contributed by atoms with Crippen molar-refractivity contribution in [3.8, 4) is 0 Å². The zero-order valence-corrected chi connectivity index (χ0v) is 16.5. The number of aromatic nitrogens is 1. The SMILES string of the molecule is COC(=O)C(C(=O)OC)[C@H](C)[C@@H](NC(=O)c1ccc2ccccc2n1)C(=O)OC. The van der Waals surface area contributed by atoms with Crippen molar-refractivity contribution < 1.29 is 33.4 Å². The van der Waals surface area contributed by atoms with E-state index in [1.54, 1.807) is 18.2 Å². The van der Waals surface area contributed by atoms with E-state index in [-0.39, 0.29) is 5.69 Å². The Labute approximate surface area is 167 Å². The zero-order chi connectivity index (χ0) is 21.6. The van der Waals surface area contributed by atoms with E-state index in [0.717, 1.165) is 26.7 Å². The third-order valence-electron chi connectivity index (χ3n) is 4.53. The second kappa shape index (κ2) is 9.63. The van der Waals surface area contributed by atoms with Crippen LogP contribution >= 0.6 is 0 Å². The summed E-state index contributed by atoms with van der Waals surface area (Å²) in [6.07, 6.45) is 0. The van der Waals surface area contributed by atoms with Crippen molar-refractivity contribution in [2.24, 2.45) is 11.8 Å². The Kier molecular flexibility index (Phi) is 7.24. The highest BCUT2D eigenvalue weighted by molar-refractivity contribution is 5.99. The van der Waals surface area contributed by atoms with Crippen LogP contribution in [0.3, 0.4) is 0 Å². The van der Waals surface area contributed by atoms with Crippen LogP contribution in [0.25, 0.3) is 10.9 Å². The van der Waals surface area contributed by atoms with Gasteiger partial charge in [-0.1, -0.05) is 31.2 Å². The minimum Gasteiger partial charge on any atom is -0.468 e. The highest BCUT2D eigenvalue weighted by atomic mass is 16.5. The molecule has 0 saturated heterocycles. The average molecular weight is 402 g/mol. The van der Waals surface area contributed by atoms with E-state index >= 15 is 0 Å². The molecule has 0 unspecified atom stereocenters. The van der Waals surface area contributed by atoms with Crippen LogP contribution in [0.5, 0.6) is 0 Å². The maximum atomic E-state index is 12.7. The van der Waals surface area contributed by atoms with Crippen molar-refractivity contribution >= 4 is 34.7 Å². The van der Waals surface area contributed by atoms with Gasteiger partial charge in [0.25, 0.3) is 5.91 Å². The van der Waals surface area contributed by atoms with Gasteiger partial charge in [-0.25, -0.2) is 9.78 Å². The van der Waals surface area contributed by atoms with Crippen molar-refractivity contribution in [1.82, 2.24) is 10.3 Å². The number of carbonyl (C=O) groups is 4. The summed E-state index contributed by atoms with van der Waals surface area (Å²) in [5.74, 6) is -5.71. The quantitative estimate of drug-likeness (QED) is 0.415. The molecule has 1 N–H and O–H groups in total. The molecule has 9 nitrogen and oxygen atoms in total. The molecule has 29 heavy (non-hydrogen) atoms. The van der Waals surface area contributed by atoms with E-state index in [9.17, 15) is 19.2 Å². The standard InChI is InChI=1S/C20H22N2O7/c1-11(15(18(24)27-2)19(25)28-3)16(20(26)29-4)22-17(23)14-10-9-12-7-5-6-8-13(12)21-14/h5-11,15-16H,1-4H3,(H,22,23)/t11-,16+/m0/s1. The van der Waals surface area contributed by atoms with Gasteiger partial charge >= 0.3 is 17.9 Å². The highest BCUT2D eigenvalue weighted by Gasteiger charge is 2.42. The molecular weight excluding hydrogens is 380 g/mol. The van der Waals surface area contributed by atoms with E-state index in [1.165, 1.54) is 13.0 Å². The number of hydrogen-bond acceptors (Lipinski definition) is 8. The molecular formula is C20H22N2O7. The molecule has 0 radical (unpaired) electrons. The second-order valence-corrected chi connectivity index (χ2v) is 6.25. The summed E-state index contributed by atoms with van der Waals surface area (Å²) in [7, 11) is 3.35. The van der Waals surface area contributed by atoms with Crippen LogP contribution in [0.4, 0.5) is 0 Å². The number of benzene rings is 1. The molecule has 2 aromatic rings. The minimum atomic E-state index is -1.43. The molecule has 2 rings (SSSR count). The topological polar surface area (TPSA) is 121 Å². The Hall–Kier alpha value is -3.49. The number of pyridine rings is 1.